The summed E-state index contributed by atoms with van der Waals surface area (Å²) in [6.07, 6.45) is 0. The maximum Gasteiger partial charge on any atom is 0.328 e. The molecule has 5 N–H and O–H groups in total. The van der Waals surface area contributed by atoms with E-state index < -0.39 is 29.7 Å². The van der Waals surface area contributed by atoms with E-state index in [1.807, 2.05) is 0 Å². The third kappa shape index (κ3) is 6.65. The summed E-state index contributed by atoms with van der Waals surface area (Å²) in [6, 6.07) is 12.7. The van der Waals surface area contributed by atoms with E-state index in [0.717, 1.165) is 0 Å². The first kappa shape index (κ1) is 24.9. The second kappa shape index (κ2) is 11.4. The number of phenolic OH excluding ortho intramolecular Hbond substituents is 1. The average Bonchev–Trinajstić information content (AvgIpc) is 3.34. The Morgan fingerprint density at radius 2 is 1.74 bits per heavy atom. The number of carbonyl (C=O) groups is 4. The number of hydrogen-bond acceptors (Lipinski definition) is 6. The van der Waals surface area contributed by atoms with Gasteiger partial charge in [0.1, 0.15) is 11.8 Å². The summed E-state index contributed by atoms with van der Waals surface area (Å²) in [7, 11) is 0. The third-order valence-electron chi connectivity index (χ3n) is 4.65. The van der Waals surface area contributed by atoms with Gasteiger partial charge in [-0.3, -0.25) is 14.4 Å². The van der Waals surface area contributed by atoms with Crippen molar-refractivity contribution in [2.45, 2.75) is 12.6 Å². The first-order chi connectivity index (χ1) is 16.2. The average molecular weight is 546 g/mol. The predicted octanol–water partition coefficient (Wildman–Crippen LogP) is 2.76. The van der Waals surface area contributed by atoms with Crippen LogP contribution in [0.1, 0.15) is 36.0 Å². The zero-order valence-electron chi connectivity index (χ0n) is 17.6. The van der Waals surface area contributed by atoms with Crippen LogP contribution in [0.4, 0.5) is 0 Å². The maximum absolute atomic E-state index is 12.6. The lowest BCUT2D eigenvalue weighted by atomic mass is 10.1. The van der Waals surface area contributed by atoms with Crippen molar-refractivity contribution in [3.8, 4) is 5.75 Å². The Morgan fingerprint density at radius 3 is 2.38 bits per heavy atom. The molecule has 0 bridgehead atoms. The minimum atomic E-state index is -1.35. The summed E-state index contributed by atoms with van der Waals surface area (Å²) in [6.45, 7) is -0.102. The molecule has 0 spiro atoms. The van der Waals surface area contributed by atoms with E-state index in [2.05, 4.69) is 31.9 Å². The number of nitrogens with one attached hydrogen (secondary N) is 3. The number of phenols is 1. The summed E-state index contributed by atoms with van der Waals surface area (Å²) in [5.41, 5.74) is 1.12. The molecule has 1 atom stereocenters. The minimum Gasteiger partial charge on any atom is -0.508 e. The SMILES string of the molecule is O=C(NCc1cccc(O)c1)c1ccc(C(=O)NC(CNC(=O)c2cccs2)C(=O)O)c(Br)c1. The molecule has 0 saturated heterocycles. The van der Waals surface area contributed by atoms with Crippen LogP contribution in [0.5, 0.6) is 5.75 Å². The van der Waals surface area contributed by atoms with Crippen LogP contribution in [-0.2, 0) is 11.3 Å². The summed E-state index contributed by atoms with van der Waals surface area (Å²) in [5, 5.41) is 28.2. The molecule has 0 aliphatic heterocycles. The highest BCUT2D eigenvalue weighted by atomic mass is 79.9. The number of halogens is 1. The fourth-order valence-corrected chi connectivity index (χ4v) is 4.12. The van der Waals surface area contributed by atoms with E-state index in [0.29, 0.717) is 14.9 Å². The molecule has 3 rings (SSSR count). The number of hydrogen-bond donors (Lipinski definition) is 5. The summed E-state index contributed by atoms with van der Waals surface area (Å²) >= 11 is 4.46. The van der Waals surface area contributed by atoms with Crippen molar-refractivity contribution in [3.63, 3.8) is 0 Å². The number of thiophene rings is 1. The molecule has 1 unspecified atom stereocenters. The van der Waals surface area contributed by atoms with E-state index in [1.54, 1.807) is 29.6 Å². The lowest BCUT2D eigenvalue weighted by Crippen LogP contribution is -2.48. The van der Waals surface area contributed by atoms with Gasteiger partial charge < -0.3 is 26.2 Å². The van der Waals surface area contributed by atoms with Crippen molar-refractivity contribution in [1.29, 1.82) is 0 Å². The second-order valence-corrected chi connectivity index (χ2v) is 8.90. The highest BCUT2D eigenvalue weighted by Crippen LogP contribution is 2.19. The van der Waals surface area contributed by atoms with Crippen LogP contribution in [0.3, 0.4) is 0 Å². The van der Waals surface area contributed by atoms with Gasteiger partial charge in [-0.1, -0.05) is 18.2 Å². The first-order valence-electron chi connectivity index (χ1n) is 9.95. The largest absolute Gasteiger partial charge is 0.508 e. The maximum atomic E-state index is 12.6. The minimum absolute atomic E-state index is 0.0932. The predicted molar refractivity (Wildman–Crippen MR) is 129 cm³/mol. The second-order valence-electron chi connectivity index (χ2n) is 7.10. The number of carboxylic acid groups (broad SMARTS) is 1. The van der Waals surface area contributed by atoms with Gasteiger partial charge >= 0.3 is 5.97 Å². The van der Waals surface area contributed by atoms with Gasteiger partial charge in [-0.05, 0) is 63.3 Å². The van der Waals surface area contributed by atoms with Crippen molar-refractivity contribution >= 4 is 51.0 Å². The van der Waals surface area contributed by atoms with Crippen LogP contribution in [0.15, 0.2) is 64.5 Å². The number of aliphatic carboxylic acids is 1. The fourth-order valence-electron chi connectivity index (χ4n) is 2.92. The normalized spacial score (nSPS) is 11.3. The number of carboxylic acids is 1. The molecule has 3 aromatic rings. The van der Waals surface area contributed by atoms with Crippen LogP contribution in [0, 0.1) is 0 Å². The molecule has 34 heavy (non-hydrogen) atoms. The Kier molecular flexibility index (Phi) is 8.39. The monoisotopic (exact) mass is 545 g/mol. The highest BCUT2D eigenvalue weighted by Gasteiger charge is 2.23. The Morgan fingerprint density at radius 1 is 0.941 bits per heavy atom. The zero-order valence-corrected chi connectivity index (χ0v) is 20.0. The molecule has 0 aliphatic carbocycles. The lowest BCUT2D eigenvalue weighted by Gasteiger charge is -2.16. The first-order valence-corrected chi connectivity index (χ1v) is 11.6. The highest BCUT2D eigenvalue weighted by molar-refractivity contribution is 9.10. The van der Waals surface area contributed by atoms with Crippen LogP contribution in [0.25, 0.3) is 0 Å². The van der Waals surface area contributed by atoms with Gasteiger partial charge in [0.2, 0.25) is 0 Å². The van der Waals surface area contributed by atoms with Crippen LogP contribution in [0.2, 0.25) is 0 Å². The lowest BCUT2D eigenvalue weighted by molar-refractivity contribution is -0.139. The molecule has 1 heterocycles. The molecule has 9 nitrogen and oxygen atoms in total. The van der Waals surface area contributed by atoms with Gasteiger partial charge in [0.05, 0.1) is 10.4 Å². The van der Waals surface area contributed by atoms with Crippen LogP contribution in [-0.4, -0.2) is 46.5 Å². The Hall–Kier alpha value is -3.70. The van der Waals surface area contributed by atoms with E-state index in [1.165, 1.54) is 41.7 Å². The summed E-state index contributed by atoms with van der Waals surface area (Å²) in [5.74, 6) is -2.72. The van der Waals surface area contributed by atoms with Gasteiger partial charge in [0.25, 0.3) is 17.7 Å². The standard InChI is InChI=1S/C23H20BrN3O6S/c24-17-10-14(20(29)25-11-13-3-1-4-15(28)9-13)6-7-16(17)21(30)27-18(23(32)33)12-26-22(31)19-5-2-8-34-19/h1-10,18,28H,11-12H2,(H,25,29)(H,26,31)(H,27,30)(H,32,33). The van der Waals surface area contributed by atoms with Gasteiger partial charge in [-0.2, -0.15) is 0 Å². The number of amides is 3. The molecule has 0 saturated carbocycles. The van der Waals surface area contributed by atoms with Crippen molar-refractivity contribution < 1.29 is 29.4 Å². The molecule has 0 radical (unpaired) electrons. The Bertz CT molecular complexity index is 1220. The van der Waals surface area contributed by atoms with Crippen molar-refractivity contribution in [3.05, 3.63) is 86.0 Å². The molecule has 1 aromatic heterocycles. The van der Waals surface area contributed by atoms with Gasteiger partial charge in [-0.25, -0.2) is 4.79 Å². The topological polar surface area (TPSA) is 145 Å². The van der Waals surface area contributed by atoms with E-state index in [4.69, 9.17) is 0 Å². The van der Waals surface area contributed by atoms with E-state index in [9.17, 15) is 29.4 Å². The van der Waals surface area contributed by atoms with E-state index in [-0.39, 0.29) is 30.0 Å². The number of rotatable bonds is 9. The number of aromatic hydroxyl groups is 1. The Balaban J connectivity index is 1.60. The van der Waals surface area contributed by atoms with Crippen molar-refractivity contribution in [2.24, 2.45) is 0 Å². The molecular weight excluding hydrogens is 526 g/mol. The van der Waals surface area contributed by atoms with Crippen molar-refractivity contribution in [1.82, 2.24) is 16.0 Å². The zero-order chi connectivity index (χ0) is 24.7. The number of benzene rings is 2. The molecule has 11 heteroatoms. The summed E-state index contributed by atoms with van der Waals surface area (Å²) < 4.78 is 0.293. The Labute approximate surface area is 206 Å². The molecule has 0 fully saturated rings. The van der Waals surface area contributed by atoms with Gasteiger partial charge in [0, 0.05) is 23.1 Å². The third-order valence-corrected chi connectivity index (χ3v) is 6.18. The molecule has 3 amide bonds. The molecule has 0 aliphatic rings. The summed E-state index contributed by atoms with van der Waals surface area (Å²) in [4.78, 5) is 49.1. The quantitative estimate of drug-likeness (QED) is 0.279. The molecule has 2 aromatic carbocycles. The van der Waals surface area contributed by atoms with Crippen LogP contribution < -0.4 is 16.0 Å². The van der Waals surface area contributed by atoms with E-state index >= 15 is 0 Å². The van der Waals surface area contributed by atoms with Crippen LogP contribution >= 0.6 is 27.3 Å². The van der Waals surface area contributed by atoms with Gasteiger partial charge in [0.15, 0.2) is 0 Å². The molecule has 176 valence electrons. The molecular formula is C23H20BrN3O6S. The smallest absolute Gasteiger partial charge is 0.328 e. The van der Waals surface area contributed by atoms with Gasteiger partial charge in [-0.15, -0.1) is 11.3 Å². The number of carbonyl (C=O) groups excluding carboxylic acids is 3. The van der Waals surface area contributed by atoms with Crippen molar-refractivity contribution in [2.75, 3.05) is 6.54 Å². The fraction of sp³-hybridized carbons (Fsp3) is 0.130.